The van der Waals surface area contributed by atoms with E-state index in [1.54, 1.807) is 0 Å². The monoisotopic (exact) mass is 369 g/mol. The maximum atomic E-state index is 13.2. The van der Waals surface area contributed by atoms with Gasteiger partial charge in [-0.15, -0.1) is 0 Å². The number of benzene rings is 2. The van der Waals surface area contributed by atoms with E-state index in [-0.39, 0.29) is 12.5 Å². The quantitative estimate of drug-likeness (QED) is 0.852. The highest BCUT2D eigenvalue weighted by molar-refractivity contribution is 6.30. The molecule has 4 rings (SSSR count). The first-order chi connectivity index (χ1) is 12.5. The predicted molar refractivity (Wildman–Crippen MR) is 103 cm³/mol. The molecular weight excluding hydrogens is 346 g/mol. The van der Waals surface area contributed by atoms with Crippen LogP contribution < -0.4 is 5.32 Å². The lowest BCUT2D eigenvalue weighted by Gasteiger charge is -2.31. The summed E-state index contributed by atoms with van der Waals surface area (Å²) in [4.78, 5) is 13.2. The molecule has 1 fully saturated rings. The Morgan fingerprint density at radius 1 is 1.04 bits per heavy atom. The molecule has 2 aromatic carbocycles. The minimum Gasteiger partial charge on any atom is -0.383 e. The van der Waals surface area contributed by atoms with Crippen molar-refractivity contribution in [3.63, 3.8) is 0 Å². The first kappa shape index (κ1) is 17.6. The fourth-order valence-corrected chi connectivity index (χ4v) is 4.77. The average molecular weight is 370 g/mol. The molecule has 2 N–H and O–H groups in total. The van der Waals surface area contributed by atoms with Gasteiger partial charge in [-0.25, -0.2) is 0 Å². The largest absolute Gasteiger partial charge is 0.383 e. The van der Waals surface area contributed by atoms with Gasteiger partial charge in [0.05, 0.1) is 12.0 Å². The minimum atomic E-state index is -0.966. The van der Waals surface area contributed by atoms with Crippen molar-refractivity contribution in [1.29, 1.82) is 0 Å². The molecule has 0 radical (unpaired) electrons. The number of aryl methyl sites for hydroxylation is 1. The number of fused-ring (bicyclic) bond motifs is 1. The number of amides is 1. The highest BCUT2D eigenvalue weighted by Gasteiger charge is 2.44. The number of nitrogens with one attached hydrogen (secondary N) is 1. The van der Waals surface area contributed by atoms with Crippen molar-refractivity contribution < 1.29 is 9.90 Å². The molecule has 0 bridgehead atoms. The van der Waals surface area contributed by atoms with Crippen LogP contribution in [0.3, 0.4) is 0 Å². The van der Waals surface area contributed by atoms with Crippen LogP contribution in [0.2, 0.25) is 5.02 Å². The highest BCUT2D eigenvalue weighted by atomic mass is 35.5. The van der Waals surface area contributed by atoms with Crippen molar-refractivity contribution in [3.05, 3.63) is 70.2 Å². The Bertz CT molecular complexity index is 811. The van der Waals surface area contributed by atoms with Crippen molar-refractivity contribution in [2.24, 2.45) is 0 Å². The lowest BCUT2D eigenvalue weighted by atomic mass is 9.78. The van der Waals surface area contributed by atoms with Gasteiger partial charge < -0.3 is 10.4 Å². The zero-order valence-electron chi connectivity index (χ0n) is 14.8. The SMILES string of the molecule is O=C(NCC1(O)CCc2ccccc21)C1(c2ccc(Cl)cc2)CCCC1. The van der Waals surface area contributed by atoms with Gasteiger partial charge in [-0.3, -0.25) is 4.79 Å². The van der Waals surface area contributed by atoms with Gasteiger partial charge in [-0.1, -0.05) is 60.8 Å². The number of carbonyl (C=O) groups excluding carboxylic acids is 1. The first-order valence-electron chi connectivity index (χ1n) is 9.39. The van der Waals surface area contributed by atoms with Crippen molar-refractivity contribution in [1.82, 2.24) is 5.32 Å². The molecule has 4 heteroatoms. The van der Waals surface area contributed by atoms with Gasteiger partial charge in [0.1, 0.15) is 5.60 Å². The summed E-state index contributed by atoms with van der Waals surface area (Å²) in [5.41, 5.74) is 1.69. The Labute approximate surface area is 159 Å². The Morgan fingerprint density at radius 2 is 1.73 bits per heavy atom. The van der Waals surface area contributed by atoms with Gasteiger partial charge in [0, 0.05) is 5.02 Å². The summed E-state index contributed by atoms with van der Waals surface area (Å²) in [6, 6.07) is 15.6. The van der Waals surface area contributed by atoms with Gasteiger partial charge in [0.2, 0.25) is 5.91 Å². The number of halogens is 1. The fraction of sp³-hybridized carbons (Fsp3) is 0.409. The van der Waals surface area contributed by atoms with Crippen LogP contribution in [0.4, 0.5) is 0 Å². The molecule has 3 nitrogen and oxygen atoms in total. The third-order valence-corrected chi connectivity index (χ3v) is 6.41. The van der Waals surface area contributed by atoms with Crippen molar-refractivity contribution >= 4 is 17.5 Å². The molecule has 1 saturated carbocycles. The van der Waals surface area contributed by atoms with Gasteiger partial charge in [0.25, 0.3) is 0 Å². The summed E-state index contributed by atoms with van der Waals surface area (Å²) in [6.45, 7) is 0.262. The predicted octanol–water partition coefficient (Wildman–Crippen LogP) is 4.10. The van der Waals surface area contributed by atoms with E-state index in [0.29, 0.717) is 11.4 Å². The molecule has 26 heavy (non-hydrogen) atoms. The van der Waals surface area contributed by atoms with E-state index in [1.807, 2.05) is 42.5 Å². The standard InChI is InChI=1S/C22H24ClNO2/c23-18-9-7-17(8-10-18)21(12-3-4-13-21)20(25)24-15-22(26)14-11-16-5-1-2-6-19(16)22/h1-2,5-10,26H,3-4,11-15H2,(H,24,25). The van der Waals surface area contributed by atoms with Gasteiger partial charge >= 0.3 is 0 Å². The Balaban J connectivity index is 1.54. The summed E-state index contributed by atoms with van der Waals surface area (Å²) >= 11 is 6.02. The summed E-state index contributed by atoms with van der Waals surface area (Å²) < 4.78 is 0. The van der Waals surface area contributed by atoms with Gasteiger partial charge in [0.15, 0.2) is 0 Å². The highest BCUT2D eigenvalue weighted by Crippen LogP contribution is 2.42. The summed E-state index contributed by atoms with van der Waals surface area (Å²) in [7, 11) is 0. The topological polar surface area (TPSA) is 49.3 Å². The third kappa shape index (κ3) is 2.93. The molecule has 2 aliphatic rings. The Hall–Kier alpha value is -1.84. The first-order valence-corrected chi connectivity index (χ1v) is 9.76. The van der Waals surface area contributed by atoms with E-state index in [4.69, 9.17) is 11.6 Å². The van der Waals surface area contributed by atoms with Crippen LogP contribution in [0, 0.1) is 0 Å². The number of hydrogen-bond donors (Lipinski definition) is 2. The number of aliphatic hydroxyl groups is 1. The van der Waals surface area contributed by atoms with E-state index in [0.717, 1.165) is 43.2 Å². The van der Waals surface area contributed by atoms with Crippen molar-refractivity contribution in [2.45, 2.75) is 49.5 Å². The number of rotatable bonds is 4. The van der Waals surface area contributed by atoms with E-state index in [1.165, 1.54) is 5.56 Å². The fourth-order valence-electron chi connectivity index (χ4n) is 4.64. The van der Waals surface area contributed by atoms with Crippen molar-refractivity contribution in [2.75, 3.05) is 6.54 Å². The molecular formula is C22H24ClNO2. The Kier molecular flexibility index (Phi) is 4.54. The minimum absolute atomic E-state index is 0.0233. The maximum Gasteiger partial charge on any atom is 0.230 e. The average Bonchev–Trinajstić information content (AvgIpc) is 3.28. The molecule has 0 aliphatic heterocycles. The van der Waals surface area contributed by atoms with Crippen LogP contribution in [0.15, 0.2) is 48.5 Å². The van der Waals surface area contributed by atoms with E-state index >= 15 is 0 Å². The molecule has 0 aromatic heterocycles. The van der Waals surface area contributed by atoms with E-state index in [2.05, 4.69) is 11.4 Å². The molecule has 2 aromatic rings. The smallest absolute Gasteiger partial charge is 0.230 e. The molecule has 2 aliphatic carbocycles. The second kappa shape index (κ2) is 6.71. The van der Waals surface area contributed by atoms with Crippen LogP contribution in [-0.2, 0) is 22.2 Å². The van der Waals surface area contributed by atoms with Crippen LogP contribution in [0.5, 0.6) is 0 Å². The molecule has 0 heterocycles. The number of carbonyl (C=O) groups is 1. The van der Waals surface area contributed by atoms with Crippen LogP contribution in [0.1, 0.15) is 48.8 Å². The zero-order valence-corrected chi connectivity index (χ0v) is 15.6. The summed E-state index contributed by atoms with van der Waals surface area (Å²) in [5, 5.41) is 14.9. The lowest BCUT2D eigenvalue weighted by Crippen LogP contribution is -2.47. The molecule has 136 valence electrons. The van der Waals surface area contributed by atoms with Gasteiger partial charge in [-0.2, -0.15) is 0 Å². The second-order valence-corrected chi connectivity index (χ2v) is 8.10. The summed E-state index contributed by atoms with van der Waals surface area (Å²) in [5.74, 6) is 0.0233. The Morgan fingerprint density at radius 3 is 2.46 bits per heavy atom. The van der Waals surface area contributed by atoms with E-state index < -0.39 is 11.0 Å². The normalized spacial score (nSPS) is 23.6. The van der Waals surface area contributed by atoms with Crippen LogP contribution in [-0.4, -0.2) is 17.6 Å². The molecule has 1 atom stereocenters. The zero-order chi connectivity index (χ0) is 18.2. The maximum absolute atomic E-state index is 13.2. The molecule has 0 spiro atoms. The lowest BCUT2D eigenvalue weighted by molar-refractivity contribution is -0.128. The molecule has 1 unspecified atom stereocenters. The third-order valence-electron chi connectivity index (χ3n) is 6.16. The van der Waals surface area contributed by atoms with Crippen LogP contribution >= 0.6 is 11.6 Å². The molecule has 0 saturated heterocycles. The van der Waals surface area contributed by atoms with E-state index in [9.17, 15) is 9.90 Å². The van der Waals surface area contributed by atoms with Crippen molar-refractivity contribution in [3.8, 4) is 0 Å². The second-order valence-electron chi connectivity index (χ2n) is 7.67. The van der Waals surface area contributed by atoms with Crippen LogP contribution in [0.25, 0.3) is 0 Å². The summed E-state index contributed by atoms with van der Waals surface area (Å²) in [6.07, 6.45) is 5.28. The number of hydrogen-bond acceptors (Lipinski definition) is 2. The van der Waals surface area contributed by atoms with Gasteiger partial charge in [-0.05, 0) is 54.5 Å². The molecule has 1 amide bonds.